The lowest BCUT2D eigenvalue weighted by Crippen LogP contribution is -2.43. The fourth-order valence-electron chi connectivity index (χ4n) is 4.07. The highest BCUT2D eigenvalue weighted by molar-refractivity contribution is 5.23. The lowest BCUT2D eigenvalue weighted by Gasteiger charge is -2.56. The van der Waals surface area contributed by atoms with Crippen LogP contribution in [0.25, 0.3) is 0 Å². The molecule has 2 radical (unpaired) electrons. The smallest absolute Gasteiger partial charge is 0.0227 e. The van der Waals surface area contributed by atoms with Crippen molar-refractivity contribution in [1.29, 1.82) is 0 Å². The predicted octanol–water partition coefficient (Wildman–Crippen LogP) is 3.53. The van der Waals surface area contributed by atoms with Crippen LogP contribution in [0.4, 0.5) is 0 Å². The third-order valence-electron chi connectivity index (χ3n) is 4.38. The van der Waals surface area contributed by atoms with Crippen LogP contribution in [0.15, 0.2) is 0 Å². The molecule has 0 N–H and O–H groups in total. The van der Waals surface area contributed by atoms with Crippen LogP contribution in [0.1, 0.15) is 51.9 Å². The SMILES string of the molecule is CCC12C[C]3C[C](CC(C3)C1)C2. The van der Waals surface area contributed by atoms with E-state index in [0.29, 0.717) is 0 Å². The number of hydrogen-bond acceptors (Lipinski definition) is 0. The molecule has 4 aliphatic carbocycles. The van der Waals surface area contributed by atoms with Gasteiger partial charge in [-0.1, -0.05) is 13.3 Å². The van der Waals surface area contributed by atoms with Gasteiger partial charge in [-0.15, -0.1) is 0 Å². The molecule has 0 spiro atoms. The lowest BCUT2D eigenvalue weighted by atomic mass is 9.49. The Balaban J connectivity index is 1.90. The van der Waals surface area contributed by atoms with Gasteiger partial charge >= 0.3 is 0 Å². The van der Waals surface area contributed by atoms with E-state index in [9.17, 15) is 0 Å². The first-order valence-corrected chi connectivity index (χ1v) is 5.47. The molecular formula is C12H18. The molecule has 0 heterocycles. The maximum atomic E-state index is 2.40. The quantitative estimate of drug-likeness (QED) is 0.553. The molecule has 66 valence electrons. The Labute approximate surface area is 75.7 Å². The van der Waals surface area contributed by atoms with Crippen LogP contribution < -0.4 is 0 Å². The molecular weight excluding hydrogens is 144 g/mol. The van der Waals surface area contributed by atoms with Crippen molar-refractivity contribution in [3.63, 3.8) is 0 Å². The number of hydrogen-bond donors (Lipinski definition) is 0. The first-order valence-electron chi connectivity index (χ1n) is 5.47. The van der Waals surface area contributed by atoms with Crippen molar-refractivity contribution in [2.45, 2.75) is 51.9 Å². The molecule has 4 aliphatic rings. The molecule has 4 saturated carbocycles. The van der Waals surface area contributed by atoms with Crippen LogP contribution in [-0.4, -0.2) is 0 Å². The third-order valence-corrected chi connectivity index (χ3v) is 4.38. The minimum atomic E-state index is 0.768. The molecule has 4 rings (SSSR count). The maximum absolute atomic E-state index is 2.40. The number of rotatable bonds is 1. The van der Waals surface area contributed by atoms with E-state index in [1.165, 1.54) is 38.5 Å². The fourth-order valence-corrected chi connectivity index (χ4v) is 4.07. The molecule has 4 bridgehead atoms. The van der Waals surface area contributed by atoms with E-state index in [1.54, 1.807) is 6.42 Å². The highest BCUT2D eigenvalue weighted by atomic mass is 14.5. The van der Waals surface area contributed by atoms with E-state index < -0.39 is 0 Å². The third kappa shape index (κ3) is 0.900. The van der Waals surface area contributed by atoms with Crippen molar-refractivity contribution in [2.24, 2.45) is 11.3 Å². The highest BCUT2D eigenvalue weighted by Crippen LogP contribution is 2.62. The second kappa shape index (κ2) is 2.27. The second-order valence-corrected chi connectivity index (χ2v) is 5.36. The topological polar surface area (TPSA) is 0 Å². The second-order valence-electron chi connectivity index (χ2n) is 5.36. The average Bonchev–Trinajstić information content (AvgIpc) is 2.02. The molecule has 12 heavy (non-hydrogen) atoms. The van der Waals surface area contributed by atoms with Gasteiger partial charge in [-0.3, -0.25) is 0 Å². The van der Waals surface area contributed by atoms with Gasteiger partial charge in [-0.25, -0.2) is 0 Å². The molecule has 0 heteroatoms. The van der Waals surface area contributed by atoms with Gasteiger partial charge in [0, 0.05) is 0 Å². The fraction of sp³-hybridized carbons (Fsp3) is 0.833. The maximum Gasteiger partial charge on any atom is -0.0227 e. The first kappa shape index (κ1) is 7.41. The molecule has 0 unspecified atom stereocenters. The summed E-state index contributed by atoms with van der Waals surface area (Å²) in [4.78, 5) is 0. The molecule has 0 amide bonds. The Bertz CT molecular complexity index is 157. The molecule has 0 aromatic carbocycles. The normalized spacial score (nSPS) is 47.2. The Morgan fingerprint density at radius 1 is 1.25 bits per heavy atom. The van der Waals surface area contributed by atoms with Crippen LogP contribution >= 0.6 is 0 Å². The Morgan fingerprint density at radius 2 is 1.92 bits per heavy atom. The summed E-state index contributed by atoms with van der Waals surface area (Å²) >= 11 is 0. The largest absolute Gasteiger partial charge is 0.0649 e. The van der Waals surface area contributed by atoms with Crippen LogP contribution in [-0.2, 0) is 0 Å². The molecule has 0 aromatic rings. The molecule has 0 nitrogen and oxygen atoms in total. The molecule has 4 fully saturated rings. The standard InChI is InChI=1S/C12H18/c1-2-12-6-9-3-10(7-12)5-11(4-9)8-12/h9H,2-8H2,1H3. The van der Waals surface area contributed by atoms with Crippen molar-refractivity contribution >= 4 is 0 Å². The predicted molar refractivity (Wildman–Crippen MR) is 50.4 cm³/mol. The van der Waals surface area contributed by atoms with Crippen LogP contribution in [0.5, 0.6) is 0 Å². The summed E-state index contributed by atoms with van der Waals surface area (Å²) in [6.45, 7) is 2.40. The van der Waals surface area contributed by atoms with Gasteiger partial charge < -0.3 is 0 Å². The molecule has 0 atom stereocenters. The summed E-state index contributed by atoms with van der Waals surface area (Å²) in [6.07, 6.45) is 10.4. The van der Waals surface area contributed by atoms with E-state index in [4.69, 9.17) is 0 Å². The Hall–Kier alpha value is 0. The summed E-state index contributed by atoms with van der Waals surface area (Å²) in [7, 11) is 0. The lowest BCUT2D eigenvalue weighted by molar-refractivity contribution is 0.0653. The van der Waals surface area contributed by atoms with Crippen molar-refractivity contribution in [3.05, 3.63) is 11.8 Å². The summed E-state index contributed by atoms with van der Waals surface area (Å²) in [5, 5.41) is 0. The molecule has 0 aromatic heterocycles. The van der Waals surface area contributed by atoms with Crippen molar-refractivity contribution in [1.82, 2.24) is 0 Å². The van der Waals surface area contributed by atoms with E-state index >= 15 is 0 Å². The Morgan fingerprint density at radius 3 is 2.42 bits per heavy atom. The van der Waals surface area contributed by atoms with Gasteiger partial charge in [0.25, 0.3) is 0 Å². The minimum absolute atomic E-state index is 0.768. The zero-order valence-corrected chi connectivity index (χ0v) is 8.03. The summed E-state index contributed by atoms with van der Waals surface area (Å²) in [5.41, 5.74) is 0.768. The van der Waals surface area contributed by atoms with E-state index in [1.807, 2.05) is 11.8 Å². The van der Waals surface area contributed by atoms with Crippen molar-refractivity contribution < 1.29 is 0 Å². The van der Waals surface area contributed by atoms with E-state index in [0.717, 1.165) is 11.3 Å². The van der Waals surface area contributed by atoms with Crippen LogP contribution in [0, 0.1) is 23.2 Å². The molecule has 0 saturated heterocycles. The monoisotopic (exact) mass is 162 g/mol. The first-order chi connectivity index (χ1) is 5.80. The zero-order chi connectivity index (χ0) is 8.18. The summed E-state index contributed by atoms with van der Waals surface area (Å²) in [6, 6.07) is 0. The van der Waals surface area contributed by atoms with Crippen LogP contribution in [0.3, 0.4) is 0 Å². The Kier molecular flexibility index (Phi) is 1.40. The van der Waals surface area contributed by atoms with Gasteiger partial charge in [0.15, 0.2) is 0 Å². The van der Waals surface area contributed by atoms with Gasteiger partial charge in [-0.2, -0.15) is 0 Å². The minimum Gasteiger partial charge on any atom is -0.0649 e. The highest BCUT2D eigenvalue weighted by Gasteiger charge is 2.50. The van der Waals surface area contributed by atoms with Crippen molar-refractivity contribution in [3.8, 4) is 0 Å². The van der Waals surface area contributed by atoms with Crippen molar-refractivity contribution in [2.75, 3.05) is 0 Å². The van der Waals surface area contributed by atoms with Gasteiger partial charge in [0.1, 0.15) is 0 Å². The van der Waals surface area contributed by atoms with Gasteiger partial charge in [-0.05, 0) is 61.7 Å². The van der Waals surface area contributed by atoms with E-state index in [-0.39, 0.29) is 0 Å². The summed E-state index contributed by atoms with van der Waals surface area (Å²) in [5.74, 6) is 4.88. The van der Waals surface area contributed by atoms with Crippen LogP contribution in [0.2, 0.25) is 0 Å². The average molecular weight is 162 g/mol. The van der Waals surface area contributed by atoms with Gasteiger partial charge in [0.05, 0.1) is 0 Å². The summed E-state index contributed by atoms with van der Waals surface area (Å²) < 4.78 is 0. The van der Waals surface area contributed by atoms with Gasteiger partial charge in [0.2, 0.25) is 0 Å². The van der Waals surface area contributed by atoms with E-state index in [2.05, 4.69) is 6.92 Å². The molecule has 0 aliphatic heterocycles. The zero-order valence-electron chi connectivity index (χ0n) is 8.03.